The van der Waals surface area contributed by atoms with Gasteiger partial charge in [0.1, 0.15) is 5.82 Å². The number of aliphatic hydroxyl groups excluding tert-OH is 1. The zero-order chi connectivity index (χ0) is 17.9. The fourth-order valence-electron chi connectivity index (χ4n) is 2.63. The topological polar surface area (TPSA) is 88.8 Å². The first-order valence-electron chi connectivity index (χ1n) is 8.04. The minimum Gasteiger partial charge on any atom is -0.396 e. The van der Waals surface area contributed by atoms with Crippen LogP contribution in [0.25, 0.3) is 16.9 Å². The molecule has 0 atom stereocenters. The van der Waals surface area contributed by atoms with E-state index in [0.717, 1.165) is 11.3 Å². The molecule has 4 rings (SSSR count). The van der Waals surface area contributed by atoms with Crippen LogP contribution in [0.5, 0.6) is 0 Å². The van der Waals surface area contributed by atoms with Gasteiger partial charge in [-0.1, -0.05) is 23.4 Å². The minimum absolute atomic E-state index is 0.0877. The van der Waals surface area contributed by atoms with Crippen molar-refractivity contribution in [3.63, 3.8) is 0 Å². The van der Waals surface area contributed by atoms with Crippen molar-refractivity contribution in [3.8, 4) is 5.69 Å². The van der Waals surface area contributed by atoms with Crippen LogP contribution in [0.1, 0.15) is 5.56 Å². The lowest BCUT2D eigenvalue weighted by Gasteiger charge is -2.07. The Hall–Kier alpha value is -3.39. The van der Waals surface area contributed by atoms with E-state index >= 15 is 0 Å². The third-order valence-electron chi connectivity index (χ3n) is 3.83. The Morgan fingerprint density at radius 1 is 1.12 bits per heavy atom. The van der Waals surface area contributed by atoms with Crippen LogP contribution in [-0.4, -0.2) is 36.7 Å². The van der Waals surface area contributed by atoms with Gasteiger partial charge in [-0.05, 0) is 42.3 Å². The van der Waals surface area contributed by atoms with Gasteiger partial charge in [-0.15, -0.1) is 5.10 Å². The third kappa shape index (κ3) is 3.22. The second-order valence-electron chi connectivity index (χ2n) is 5.68. The molecule has 0 saturated heterocycles. The molecule has 0 fully saturated rings. The molecule has 0 spiro atoms. The SMILES string of the molecule is OCCc1cccc(Nc2ncc3nnn(-c4cccc(F)c4)c3n2)c1. The number of fused-ring (bicyclic) bond motifs is 1. The van der Waals surface area contributed by atoms with Gasteiger partial charge in [0.25, 0.3) is 0 Å². The number of aliphatic hydroxyl groups is 1. The van der Waals surface area contributed by atoms with E-state index in [0.29, 0.717) is 29.2 Å². The summed E-state index contributed by atoms with van der Waals surface area (Å²) in [5.74, 6) is 0.0119. The summed E-state index contributed by atoms with van der Waals surface area (Å²) in [6.07, 6.45) is 2.14. The highest BCUT2D eigenvalue weighted by Crippen LogP contribution is 2.19. The van der Waals surface area contributed by atoms with Gasteiger partial charge < -0.3 is 10.4 Å². The van der Waals surface area contributed by atoms with Crippen LogP contribution in [0.15, 0.2) is 54.7 Å². The number of nitrogens with zero attached hydrogens (tertiary/aromatic N) is 5. The second-order valence-corrected chi connectivity index (χ2v) is 5.68. The second kappa shape index (κ2) is 6.85. The minimum atomic E-state index is -0.362. The average molecular weight is 350 g/mol. The number of hydrogen-bond acceptors (Lipinski definition) is 6. The quantitative estimate of drug-likeness (QED) is 0.575. The van der Waals surface area contributed by atoms with Gasteiger partial charge in [0, 0.05) is 12.3 Å². The highest BCUT2D eigenvalue weighted by Gasteiger charge is 2.11. The molecular weight excluding hydrogens is 335 g/mol. The van der Waals surface area contributed by atoms with E-state index in [2.05, 4.69) is 25.6 Å². The van der Waals surface area contributed by atoms with Crippen molar-refractivity contribution in [1.29, 1.82) is 0 Å². The monoisotopic (exact) mass is 350 g/mol. The molecule has 0 unspecified atom stereocenters. The molecule has 0 amide bonds. The molecule has 4 aromatic rings. The normalized spacial score (nSPS) is 11.0. The van der Waals surface area contributed by atoms with Gasteiger partial charge in [-0.2, -0.15) is 9.67 Å². The lowest BCUT2D eigenvalue weighted by atomic mass is 10.1. The standard InChI is InChI=1S/C18H15FN6O/c19-13-4-2-6-15(10-13)25-17-16(23-24-25)11-20-18(22-17)21-14-5-1-3-12(9-14)7-8-26/h1-6,9-11,26H,7-8H2,(H,20,21,22). The van der Waals surface area contributed by atoms with Crippen LogP contribution in [0, 0.1) is 5.82 Å². The van der Waals surface area contributed by atoms with Crippen LogP contribution < -0.4 is 5.32 Å². The summed E-state index contributed by atoms with van der Waals surface area (Å²) >= 11 is 0. The summed E-state index contributed by atoms with van der Waals surface area (Å²) in [4.78, 5) is 8.70. The first-order chi connectivity index (χ1) is 12.7. The predicted octanol–water partition coefficient (Wildman–Crippen LogP) is 2.63. The maximum absolute atomic E-state index is 13.5. The molecule has 2 heterocycles. The average Bonchev–Trinajstić information content (AvgIpc) is 3.06. The van der Waals surface area contributed by atoms with Crippen LogP contribution >= 0.6 is 0 Å². The van der Waals surface area contributed by atoms with Crippen LogP contribution in [-0.2, 0) is 6.42 Å². The molecule has 0 aliphatic carbocycles. The van der Waals surface area contributed by atoms with E-state index in [1.807, 2.05) is 24.3 Å². The number of nitrogens with one attached hydrogen (secondary N) is 1. The molecule has 0 aliphatic rings. The van der Waals surface area contributed by atoms with Gasteiger partial charge in [0.15, 0.2) is 11.2 Å². The number of hydrogen-bond donors (Lipinski definition) is 2. The molecule has 0 aliphatic heterocycles. The number of anilines is 2. The van der Waals surface area contributed by atoms with Crippen molar-refractivity contribution in [2.75, 3.05) is 11.9 Å². The summed E-state index contributed by atoms with van der Waals surface area (Å²) in [6.45, 7) is 0.0877. The molecular formula is C18H15FN6O. The Morgan fingerprint density at radius 3 is 2.85 bits per heavy atom. The van der Waals surface area contributed by atoms with Crippen molar-refractivity contribution in [3.05, 3.63) is 66.1 Å². The number of aromatic nitrogens is 5. The maximum Gasteiger partial charge on any atom is 0.229 e. The lowest BCUT2D eigenvalue weighted by molar-refractivity contribution is 0.299. The van der Waals surface area contributed by atoms with E-state index in [1.54, 1.807) is 18.3 Å². The molecule has 7 nitrogen and oxygen atoms in total. The van der Waals surface area contributed by atoms with E-state index in [9.17, 15) is 4.39 Å². The largest absolute Gasteiger partial charge is 0.396 e. The molecule has 2 aromatic heterocycles. The van der Waals surface area contributed by atoms with Crippen molar-refractivity contribution in [2.45, 2.75) is 6.42 Å². The number of benzene rings is 2. The third-order valence-corrected chi connectivity index (χ3v) is 3.83. The molecule has 26 heavy (non-hydrogen) atoms. The van der Waals surface area contributed by atoms with Crippen molar-refractivity contribution < 1.29 is 9.50 Å². The molecule has 130 valence electrons. The van der Waals surface area contributed by atoms with Crippen LogP contribution in [0.2, 0.25) is 0 Å². The first-order valence-corrected chi connectivity index (χ1v) is 8.04. The van der Waals surface area contributed by atoms with Gasteiger partial charge in [-0.3, -0.25) is 0 Å². The molecule has 0 bridgehead atoms. The fraction of sp³-hybridized carbons (Fsp3) is 0.111. The number of rotatable bonds is 5. The van der Waals surface area contributed by atoms with E-state index in [4.69, 9.17) is 5.11 Å². The predicted molar refractivity (Wildman–Crippen MR) is 94.9 cm³/mol. The van der Waals surface area contributed by atoms with Crippen LogP contribution in [0.4, 0.5) is 16.0 Å². The van der Waals surface area contributed by atoms with Gasteiger partial charge in [-0.25, -0.2) is 9.37 Å². The van der Waals surface area contributed by atoms with Gasteiger partial charge in [0.2, 0.25) is 5.95 Å². The maximum atomic E-state index is 13.5. The van der Waals surface area contributed by atoms with Gasteiger partial charge >= 0.3 is 0 Å². The van der Waals surface area contributed by atoms with Crippen molar-refractivity contribution >= 4 is 22.8 Å². The van der Waals surface area contributed by atoms with E-state index < -0.39 is 0 Å². The molecule has 2 aromatic carbocycles. The highest BCUT2D eigenvalue weighted by atomic mass is 19.1. The lowest BCUT2D eigenvalue weighted by Crippen LogP contribution is -2.02. The van der Waals surface area contributed by atoms with E-state index in [1.165, 1.54) is 16.8 Å². The molecule has 8 heteroatoms. The summed E-state index contributed by atoms with van der Waals surface area (Å²) in [5, 5.41) is 20.2. The van der Waals surface area contributed by atoms with Crippen molar-refractivity contribution in [1.82, 2.24) is 25.0 Å². The summed E-state index contributed by atoms with van der Waals surface area (Å²) < 4.78 is 15.0. The summed E-state index contributed by atoms with van der Waals surface area (Å²) in [6, 6.07) is 13.7. The first kappa shape index (κ1) is 16.1. The smallest absolute Gasteiger partial charge is 0.229 e. The molecule has 0 radical (unpaired) electrons. The molecule has 2 N–H and O–H groups in total. The zero-order valence-electron chi connectivity index (χ0n) is 13.7. The number of halogens is 1. The van der Waals surface area contributed by atoms with Crippen LogP contribution in [0.3, 0.4) is 0 Å². The van der Waals surface area contributed by atoms with Crippen molar-refractivity contribution in [2.24, 2.45) is 0 Å². The fourth-order valence-corrected chi connectivity index (χ4v) is 2.63. The van der Waals surface area contributed by atoms with Gasteiger partial charge in [0.05, 0.1) is 11.9 Å². The summed E-state index contributed by atoms with van der Waals surface area (Å²) in [7, 11) is 0. The Labute approximate surface area is 148 Å². The Kier molecular flexibility index (Phi) is 4.24. The highest BCUT2D eigenvalue weighted by molar-refractivity contribution is 5.72. The van der Waals surface area contributed by atoms with E-state index in [-0.39, 0.29) is 12.4 Å². The summed E-state index contributed by atoms with van der Waals surface area (Å²) in [5.41, 5.74) is 3.32. The Bertz CT molecular complexity index is 1060. The zero-order valence-corrected chi connectivity index (χ0v) is 13.7. The Balaban J connectivity index is 1.69. The molecule has 0 saturated carbocycles. The Morgan fingerprint density at radius 2 is 2.00 bits per heavy atom.